The molecule has 2 aromatic heterocycles. The Bertz CT molecular complexity index is 670. The van der Waals surface area contributed by atoms with Crippen molar-refractivity contribution in [1.82, 2.24) is 14.8 Å². The van der Waals surface area contributed by atoms with E-state index < -0.39 is 23.4 Å². The van der Waals surface area contributed by atoms with Crippen molar-refractivity contribution in [2.45, 2.75) is 13.1 Å². The van der Waals surface area contributed by atoms with E-state index in [1.807, 2.05) is 0 Å². The molecule has 0 aromatic carbocycles. The fraction of sp³-hybridized carbons (Fsp3) is 0.250. The maximum atomic E-state index is 13.2. The van der Waals surface area contributed by atoms with Crippen LogP contribution in [0.25, 0.3) is 5.82 Å². The largest absolute Gasteiger partial charge is 0.462 e. The van der Waals surface area contributed by atoms with Crippen LogP contribution >= 0.6 is 15.9 Å². The Balaban J connectivity index is 2.60. The van der Waals surface area contributed by atoms with Crippen molar-refractivity contribution < 1.29 is 22.7 Å². The quantitative estimate of drug-likeness (QED) is 0.620. The number of halogens is 4. The van der Waals surface area contributed by atoms with Crippen molar-refractivity contribution in [3.63, 3.8) is 0 Å². The van der Waals surface area contributed by atoms with Gasteiger partial charge in [0.1, 0.15) is 10.2 Å². The van der Waals surface area contributed by atoms with Crippen LogP contribution in [0.1, 0.15) is 23.0 Å². The molecule has 0 amide bonds. The Morgan fingerprint density at radius 3 is 2.71 bits per heavy atom. The third-order valence-corrected chi connectivity index (χ3v) is 2.89. The standard InChI is InChI=1S/C12H9BrF3N3O2/c1-2-21-11(20)7-6-17-19(10(7)12(14,15)16)9-5-3-4-8(13)18-9/h3-6H,2H2,1H3. The van der Waals surface area contributed by atoms with Gasteiger partial charge in [-0.2, -0.15) is 18.3 Å². The van der Waals surface area contributed by atoms with Crippen LogP contribution in [-0.2, 0) is 10.9 Å². The van der Waals surface area contributed by atoms with E-state index in [0.29, 0.717) is 9.28 Å². The van der Waals surface area contributed by atoms with Crippen LogP contribution in [0.4, 0.5) is 13.2 Å². The van der Waals surface area contributed by atoms with E-state index in [2.05, 4.69) is 30.7 Å². The molecule has 0 spiro atoms. The van der Waals surface area contributed by atoms with Crippen molar-refractivity contribution in [2.75, 3.05) is 6.61 Å². The molecule has 0 aliphatic heterocycles. The van der Waals surface area contributed by atoms with Crippen LogP contribution in [0.15, 0.2) is 29.0 Å². The summed E-state index contributed by atoms with van der Waals surface area (Å²) in [4.78, 5) is 15.5. The highest BCUT2D eigenvalue weighted by Crippen LogP contribution is 2.33. The average Bonchev–Trinajstić information content (AvgIpc) is 2.83. The van der Waals surface area contributed by atoms with Gasteiger partial charge in [-0.05, 0) is 35.0 Å². The zero-order valence-electron chi connectivity index (χ0n) is 10.7. The van der Waals surface area contributed by atoms with Crippen LogP contribution < -0.4 is 0 Å². The van der Waals surface area contributed by atoms with Gasteiger partial charge in [0.2, 0.25) is 0 Å². The van der Waals surface area contributed by atoms with Gasteiger partial charge in [0.15, 0.2) is 11.5 Å². The molecular formula is C12H9BrF3N3O2. The van der Waals surface area contributed by atoms with Gasteiger partial charge in [-0.25, -0.2) is 14.5 Å². The first-order valence-corrected chi connectivity index (χ1v) is 6.59. The number of aromatic nitrogens is 3. The molecule has 0 bridgehead atoms. The molecule has 0 saturated heterocycles. The first-order chi connectivity index (χ1) is 9.84. The number of carbonyl (C=O) groups excluding carboxylic acids is 1. The van der Waals surface area contributed by atoms with Gasteiger partial charge in [0.25, 0.3) is 0 Å². The molecule has 0 fully saturated rings. The molecule has 21 heavy (non-hydrogen) atoms. The maximum Gasteiger partial charge on any atom is 0.434 e. The predicted molar refractivity (Wildman–Crippen MR) is 70.0 cm³/mol. The summed E-state index contributed by atoms with van der Waals surface area (Å²) in [6.45, 7) is 1.47. The van der Waals surface area contributed by atoms with E-state index in [1.54, 1.807) is 6.07 Å². The van der Waals surface area contributed by atoms with Crippen molar-refractivity contribution in [3.8, 4) is 5.82 Å². The Hall–Kier alpha value is -1.90. The summed E-state index contributed by atoms with van der Waals surface area (Å²) >= 11 is 3.07. The fourth-order valence-electron chi connectivity index (χ4n) is 1.67. The van der Waals surface area contributed by atoms with Gasteiger partial charge >= 0.3 is 12.1 Å². The van der Waals surface area contributed by atoms with Gasteiger partial charge in [-0.1, -0.05) is 6.07 Å². The predicted octanol–water partition coefficient (Wildman–Crippen LogP) is 3.23. The number of alkyl halides is 3. The minimum absolute atomic E-state index is 0.0313. The molecule has 2 rings (SSSR count). The summed E-state index contributed by atoms with van der Waals surface area (Å²) < 4.78 is 45.2. The van der Waals surface area contributed by atoms with Gasteiger partial charge in [0, 0.05) is 0 Å². The Kier molecular flexibility index (Phi) is 4.31. The molecule has 0 unspecified atom stereocenters. The van der Waals surface area contributed by atoms with Gasteiger partial charge in [-0.3, -0.25) is 0 Å². The van der Waals surface area contributed by atoms with Crippen molar-refractivity contribution in [3.05, 3.63) is 40.3 Å². The summed E-state index contributed by atoms with van der Waals surface area (Å²) in [5.74, 6) is -1.14. The molecule has 2 aromatic rings. The highest BCUT2D eigenvalue weighted by molar-refractivity contribution is 9.10. The average molecular weight is 364 g/mol. The zero-order chi connectivity index (χ0) is 15.6. The van der Waals surface area contributed by atoms with E-state index in [9.17, 15) is 18.0 Å². The van der Waals surface area contributed by atoms with Crippen LogP contribution in [0.3, 0.4) is 0 Å². The lowest BCUT2D eigenvalue weighted by molar-refractivity contribution is -0.143. The third-order valence-electron chi connectivity index (χ3n) is 2.45. The lowest BCUT2D eigenvalue weighted by atomic mass is 10.2. The number of ether oxygens (including phenoxy) is 1. The zero-order valence-corrected chi connectivity index (χ0v) is 12.3. The molecule has 0 N–H and O–H groups in total. The SMILES string of the molecule is CCOC(=O)c1cnn(-c2cccc(Br)n2)c1C(F)(F)F. The third kappa shape index (κ3) is 3.23. The second-order valence-electron chi connectivity index (χ2n) is 3.86. The highest BCUT2D eigenvalue weighted by atomic mass is 79.9. The number of pyridine rings is 1. The lowest BCUT2D eigenvalue weighted by Crippen LogP contribution is -2.19. The summed E-state index contributed by atoms with van der Waals surface area (Å²) in [6, 6.07) is 4.42. The van der Waals surface area contributed by atoms with Crippen LogP contribution in [0.5, 0.6) is 0 Å². The minimum atomic E-state index is -4.78. The number of hydrogen-bond acceptors (Lipinski definition) is 4. The molecule has 0 aliphatic rings. The van der Waals surface area contributed by atoms with Gasteiger partial charge < -0.3 is 4.74 Å². The molecule has 0 aliphatic carbocycles. The molecule has 0 radical (unpaired) electrons. The first-order valence-electron chi connectivity index (χ1n) is 5.80. The van der Waals surface area contributed by atoms with E-state index in [0.717, 1.165) is 6.20 Å². The Labute approximate surface area is 125 Å². The van der Waals surface area contributed by atoms with Gasteiger partial charge in [0.05, 0.1) is 12.8 Å². The van der Waals surface area contributed by atoms with Crippen molar-refractivity contribution >= 4 is 21.9 Å². The lowest BCUT2D eigenvalue weighted by Gasteiger charge is -2.11. The van der Waals surface area contributed by atoms with E-state index in [4.69, 9.17) is 0 Å². The molecule has 0 saturated carbocycles. The number of carbonyl (C=O) groups is 1. The van der Waals surface area contributed by atoms with Crippen molar-refractivity contribution in [1.29, 1.82) is 0 Å². The maximum absolute atomic E-state index is 13.2. The number of hydrogen-bond donors (Lipinski definition) is 0. The van der Waals surface area contributed by atoms with Gasteiger partial charge in [-0.15, -0.1) is 0 Å². The highest BCUT2D eigenvalue weighted by Gasteiger charge is 2.41. The smallest absolute Gasteiger partial charge is 0.434 e. The summed E-state index contributed by atoms with van der Waals surface area (Å²) in [6.07, 6.45) is -3.95. The molecule has 112 valence electrons. The molecule has 2 heterocycles. The minimum Gasteiger partial charge on any atom is -0.462 e. The monoisotopic (exact) mass is 363 g/mol. The van der Waals surface area contributed by atoms with Crippen LogP contribution in [-0.4, -0.2) is 27.3 Å². The Morgan fingerprint density at radius 1 is 1.43 bits per heavy atom. The normalized spacial score (nSPS) is 11.5. The van der Waals surface area contributed by atoms with E-state index >= 15 is 0 Å². The summed E-state index contributed by atoms with van der Waals surface area (Å²) in [5.41, 5.74) is -1.86. The van der Waals surface area contributed by atoms with Crippen molar-refractivity contribution in [2.24, 2.45) is 0 Å². The fourth-order valence-corrected chi connectivity index (χ4v) is 2.00. The summed E-state index contributed by atoms with van der Waals surface area (Å²) in [7, 11) is 0. The van der Waals surface area contributed by atoms with Crippen LogP contribution in [0.2, 0.25) is 0 Å². The molecule has 5 nitrogen and oxygen atoms in total. The first kappa shape index (κ1) is 15.5. The number of rotatable bonds is 3. The molecular weight excluding hydrogens is 355 g/mol. The second-order valence-corrected chi connectivity index (χ2v) is 4.67. The molecule has 0 atom stereocenters. The summed E-state index contributed by atoms with van der Waals surface area (Å²) in [5, 5.41) is 3.61. The van der Waals surface area contributed by atoms with E-state index in [1.165, 1.54) is 19.1 Å². The topological polar surface area (TPSA) is 57.0 Å². The van der Waals surface area contributed by atoms with E-state index in [-0.39, 0.29) is 12.4 Å². The van der Waals surface area contributed by atoms with Crippen LogP contribution in [0, 0.1) is 0 Å². The molecule has 9 heteroatoms. The second kappa shape index (κ2) is 5.84. The number of esters is 1. The number of nitrogens with zero attached hydrogens (tertiary/aromatic N) is 3. The Morgan fingerprint density at radius 2 is 2.14 bits per heavy atom.